The number of carboxylic acid groups (broad SMARTS) is 1. The Morgan fingerprint density at radius 1 is 1.37 bits per heavy atom. The van der Waals surface area contributed by atoms with Crippen LogP contribution in [0.3, 0.4) is 0 Å². The first-order valence-electron chi connectivity index (χ1n) is 5.53. The standard InChI is InChI=1S/C12H11Cl2NO3S/c13-8-2-1-7(3-9(8)14)4-11(16)15-6-19-5-10(15)12(17)18/h1-3,10H,4-6H2,(H,17,18). The van der Waals surface area contributed by atoms with Gasteiger partial charge in [-0.15, -0.1) is 11.8 Å². The molecule has 0 radical (unpaired) electrons. The molecule has 4 nitrogen and oxygen atoms in total. The van der Waals surface area contributed by atoms with Crippen LogP contribution in [0.15, 0.2) is 18.2 Å². The number of rotatable bonds is 3. The van der Waals surface area contributed by atoms with Crippen molar-refractivity contribution in [2.45, 2.75) is 12.5 Å². The van der Waals surface area contributed by atoms with E-state index >= 15 is 0 Å². The molecule has 1 heterocycles. The Balaban J connectivity index is 2.08. The SMILES string of the molecule is O=C(O)C1CSCN1C(=O)Cc1ccc(Cl)c(Cl)c1. The fourth-order valence-electron chi connectivity index (χ4n) is 1.82. The Bertz CT molecular complexity index is 524. The Morgan fingerprint density at radius 3 is 2.74 bits per heavy atom. The summed E-state index contributed by atoms with van der Waals surface area (Å²) < 4.78 is 0. The first-order valence-corrected chi connectivity index (χ1v) is 7.44. The molecule has 1 aliphatic rings. The molecule has 1 amide bonds. The zero-order valence-corrected chi connectivity index (χ0v) is 12.1. The summed E-state index contributed by atoms with van der Waals surface area (Å²) in [4.78, 5) is 24.5. The first-order chi connectivity index (χ1) is 8.99. The maximum Gasteiger partial charge on any atom is 0.327 e. The van der Waals surface area contributed by atoms with E-state index in [2.05, 4.69) is 0 Å². The van der Waals surface area contributed by atoms with Crippen LogP contribution in [0.2, 0.25) is 10.0 Å². The van der Waals surface area contributed by atoms with Gasteiger partial charge < -0.3 is 10.0 Å². The molecule has 1 fully saturated rings. The van der Waals surface area contributed by atoms with Gasteiger partial charge in [-0.25, -0.2) is 4.79 Å². The largest absolute Gasteiger partial charge is 0.480 e. The second kappa shape index (κ2) is 6.03. The number of nitrogens with zero attached hydrogens (tertiary/aromatic N) is 1. The number of aliphatic carboxylic acids is 1. The molecule has 0 spiro atoms. The highest BCUT2D eigenvalue weighted by molar-refractivity contribution is 7.99. The predicted molar refractivity (Wildman–Crippen MR) is 75.8 cm³/mol. The van der Waals surface area contributed by atoms with Crippen LogP contribution in [-0.4, -0.2) is 39.6 Å². The molecule has 1 aromatic carbocycles. The van der Waals surface area contributed by atoms with Crippen LogP contribution in [-0.2, 0) is 16.0 Å². The highest BCUT2D eigenvalue weighted by atomic mass is 35.5. The lowest BCUT2D eigenvalue weighted by Crippen LogP contribution is -2.42. The third-order valence-corrected chi connectivity index (χ3v) is 4.58. The Hall–Kier alpha value is -0.910. The van der Waals surface area contributed by atoms with Crippen molar-refractivity contribution < 1.29 is 14.7 Å². The van der Waals surface area contributed by atoms with Crippen LogP contribution >= 0.6 is 35.0 Å². The van der Waals surface area contributed by atoms with Crippen molar-refractivity contribution in [2.24, 2.45) is 0 Å². The molecule has 7 heteroatoms. The van der Waals surface area contributed by atoms with Crippen molar-refractivity contribution in [3.05, 3.63) is 33.8 Å². The number of hydrogen-bond acceptors (Lipinski definition) is 3. The van der Waals surface area contributed by atoms with Crippen LogP contribution < -0.4 is 0 Å². The molecule has 102 valence electrons. The monoisotopic (exact) mass is 319 g/mol. The van der Waals surface area contributed by atoms with E-state index in [0.29, 0.717) is 21.7 Å². The van der Waals surface area contributed by atoms with Gasteiger partial charge in [-0.2, -0.15) is 0 Å². The van der Waals surface area contributed by atoms with Gasteiger partial charge in [-0.1, -0.05) is 29.3 Å². The van der Waals surface area contributed by atoms with E-state index < -0.39 is 12.0 Å². The first kappa shape index (κ1) is 14.5. The van der Waals surface area contributed by atoms with E-state index in [-0.39, 0.29) is 12.3 Å². The molecular formula is C12H11Cl2NO3S. The smallest absolute Gasteiger partial charge is 0.327 e. The molecule has 1 aliphatic heterocycles. The molecular weight excluding hydrogens is 309 g/mol. The van der Waals surface area contributed by atoms with Crippen molar-refractivity contribution >= 4 is 46.8 Å². The Morgan fingerprint density at radius 2 is 2.11 bits per heavy atom. The molecule has 0 aromatic heterocycles. The van der Waals surface area contributed by atoms with Crippen molar-refractivity contribution in [3.63, 3.8) is 0 Å². The van der Waals surface area contributed by atoms with Crippen molar-refractivity contribution in [1.29, 1.82) is 0 Å². The second-order valence-corrected chi connectivity index (χ2v) is 5.96. The quantitative estimate of drug-likeness (QED) is 0.930. The number of halogens is 2. The summed E-state index contributed by atoms with van der Waals surface area (Å²) in [5.74, 6) is -0.331. The number of benzene rings is 1. The van der Waals surface area contributed by atoms with Crippen LogP contribution in [0.4, 0.5) is 0 Å². The van der Waals surface area contributed by atoms with Crippen molar-refractivity contribution in [3.8, 4) is 0 Å². The van der Waals surface area contributed by atoms with Crippen molar-refractivity contribution in [1.82, 2.24) is 4.90 Å². The van der Waals surface area contributed by atoms with Crippen LogP contribution in [0.1, 0.15) is 5.56 Å². The predicted octanol–water partition coefficient (Wildman–Crippen LogP) is 2.52. The van der Waals surface area contributed by atoms with E-state index in [0.717, 1.165) is 5.56 Å². The van der Waals surface area contributed by atoms with Crippen LogP contribution in [0.5, 0.6) is 0 Å². The van der Waals surface area contributed by atoms with Gasteiger partial charge in [0.15, 0.2) is 0 Å². The minimum absolute atomic E-state index is 0.126. The average molecular weight is 320 g/mol. The molecule has 0 saturated carbocycles. The van der Waals surface area contributed by atoms with Gasteiger partial charge in [0, 0.05) is 5.75 Å². The number of carbonyl (C=O) groups is 2. The number of amides is 1. The van der Waals surface area contributed by atoms with Crippen LogP contribution in [0.25, 0.3) is 0 Å². The molecule has 2 rings (SSSR count). The summed E-state index contributed by atoms with van der Waals surface area (Å²) in [5.41, 5.74) is 0.723. The Labute approximate surface area is 124 Å². The van der Waals surface area contributed by atoms with Gasteiger partial charge in [0.05, 0.1) is 22.3 Å². The number of carbonyl (C=O) groups excluding carboxylic acids is 1. The summed E-state index contributed by atoms with van der Waals surface area (Å²) in [6.07, 6.45) is 0.126. The molecule has 1 aromatic rings. The van der Waals surface area contributed by atoms with E-state index in [1.807, 2.05) is 0 Å². The third kappa shape index (κ3) is 3.35. The highest BCUT2D eigenvalue weighted by Gasteiger charge is 2.34. The molecule has 1 saturated heterocycles. The van der Waals surface area contributed by atoms with Gasteiger partial charge in [0.2, 0.25) is 5.91 Å². The minimum atomic E-state index is -0.965. The van der Waals surface area contributed by atoms with Gasteiger partial charge in [-0.3, -0.25) is 4.79 Å². The third-order valence-electron chi connectivity index (χ3n) is 2.83. The second-order valence-electron chi connectivity index (χ2n) is 4.14. The highest BCUT2D eigenvalue weighted by Crippen LogP contribution is 2.25. The summed E-state index contributed by atoms with van der Waals surface area (Å²) in [5, 5.41) is 9.85. The Kier molecular flexibility index (Phi) is 4.60. The number of hydrogen-bond donors (Lipinski definition) is 1. The average Bonchev–Trinajstić information content (AvgIpc) is 2.83. The number of thioether (sulfide) groups is 1. The lowest BCUT2D eigenvalue weighted by atomic mass is 10.1. The van der Waals surface area contributed by atoms with Gasteiger partial charge in [0.25, 0.3) is 0 Å². The molecule has 0 aliphatic carbocycles. The van der Waals surface area contributed by atoms with Gasteiger partial charge in [0.1, 0.15) is 6.04 Å². The fourth-order valence-corrected chi connectivity index (χ4v) is 3.31. The fraction of sp³-hybridized carbons (Fsp3) is 0.333. The topological polar surface area (TPSA) is 57.6 Å². The normalized spacial score (nSPS) is 18.6. The summed E-state index contributed by atoms with van der Waals surface area (Å²) in [6, 6.07) is 4.23. The number of carboxylic acids is 1. The molecule has 1 N–H and O–H groups in total. The van der Waals surface area contributed by atoms with Gasteiger partial charge >= 0.3 is 5.97 Å². The van der Waals surface area contributed by atoms with Crippen molar-refractivity contribution in [2.75, 3.05) is 11.6 Å². The van der Waals surface area contributed by atoms with E-state index in [1.165, 1.54) is 16.7 Å². The maximum absolute atomic E-state index is 12.1. The molecule has 1 atom stereocenters. The summed E-state index contributed by atoms with van der Waals surface area (Å²) in [7, 11) is 0. The van der Waals surface area contributed by atoms with E-state index in [1.54, 1.807) is 18.2 Å². The maximum atomic E-state index is 12.1. The molecule has 1 unspecified atom stereocenters. The minimum Gasteiger partial charge on any atom is -0.480 e. The van der Waals surface area contributed by atoms with Gasteiger partial charge in [-0.05, 0) is 17.7 Å². The van der Waals surface area contributed by atoms with E-state index in [4.69, 9.17) is 28.3 Å². The van der Waals surface area contributed by atoms with E-state index in [9.17, 15) is 9.59 Å². The molecule has 0 bridgehead atoms. The lowest BCUT2D eigenvalue weighted by molar-refractivity contribution is -0.147. The van der Waals surface area contributed by atoms with Crippen LogP contribution in [0, 0.1) is 0 Å². The summed E-state index contributed by atoms with van der Waals surface area (Å²) >= 11 is 13.1. The zero-order valence-electron chi connectivity index (χ0n) is 9.81. The molecule has 19 heavy (non-hydrogen) atoms. The lowest BCUT2D eigenvalue weighted by Gasteiger charge is -2.20. The zero-order chi connectivity index (χ0) is 14.0. The summed E-state index contributed by atoms with van der Waals surface area (Å²) in [6.45, 7) is 0.